The average molecular weight is 324 g/mol. The molecule has 0 aliphatic carbocycles. The van der Waals surface area contributed by atoms with Gasteiger partial charge in [-0.25, -0.2) is 14.8 Å². The molecule has 0 aromatic carbocycles. The van der Waals surface area contributed by atoms with Gasteiger partial charge in [0.2, 0.25) is 0 Å². The van der Waals surface area contributed by atoms with Crippen molar-refractivity contribution in [3.63, 3.8) is 0 Å². The Morgan fingerprint density at radius 2 is 2.23 bits per heavy atom. The molecule has 6 nitrogen and oxygen atoms in total. The van der Waals surface area contributed by atoms with E-state index >= 15 is 0 Å². The van der Waals surface area contributed by atoms with E-state index in [0.29, 0.717) is 13.1 Å². The predicted octanol–water partition coefficient (Wildman–Crippen LogP) is 2.64. The molecule has 1 saturated heterocycles. The molecule has 0 spiro atoms. The molecule has 0 radical (unpaired) electrons. The van der Waals surface area contributed by atoms with E-state index in [0.717, 1.165) is 17.4 Å². The number of likely N-dealkylation sites (tertiary alicyclic amines) is 1. The molecule has 2 heterocycles. The third kappa shape index (κ3) is 4.25. The molecule has 0 saturated carbocycles. The molecule has 122 valence electrons. The monoisotopic (exact) mass is 324 g/mol. The Balaban J connectivity index is 1.98. The minimum absolute atomic E-state index is 0.240. The lowest BCUT2D eigenvalue weighted by Crippen LogP contribution is -2.39. The summed E-state index contributed by atoms with van der Waals surface area (Å²) in [7, 11) is 2.01. The van der Waals surface area contributed by atoms with E-state index < -0.39 is 5.60 Å². The molecule has 1 aromatic heterocycles. The van der Waals surface area contributed by atoms with Gasteiger partial charge in [-0.05, 0) is 39.5 Å². The van der Waals surface area contributed by atoms with Crippen LogP contribution < -0.4 is 4.90 Å². The molecule has 0 bridgehead atoms. The summed E-state index contributed by atoms with van der Waals surface area (Å²) < 4.78 is 5.43. The highest BCUT2D eigenvalue weighted by atomic mass is 32.2. The van der Waals surface area contributed by atoms with Crippen LogP contribution in [0, 0.1) is 0 Å². The van der Waals surface area contributed by atoms with E-state index in [2.05, 4.69) is 14.9 Å². The van der Waals surface area contributed by atoms with Gasteiger partial charge in [0.25, 0.3) is 0 Å². The van der Waals surface area contributed by atoms with Crippen molar-refractivity contribution in [1.29, 1.82) is 0 Å². The number of rotatable bonds is 3. The summed E-state index contributed by atoms with van der Waals surface area (Å²) in [6.45, 7) is 7.02. The number of thioether (sulfide) groups is 1. The number of amides is 1. The quantitative estimate of drug-likeness (QED) is 0.629. The molecule has 1 amide bonds. The zero-order valence-electron chi connectivity index (χ0n) is 13.9. The second kappa shape index (κ2) is 6.73. The minimum atomic E-state index is -0.457. The maximum Gasteiger partial charge on any atom is 0.410 e. The van der Waals surface area contributed by atoms with Gasteiger partial charge in [0.05, 0.1) is 0 Å². The Morgan fingerprint density at radius 3 is 2.86 bits per heavy atom. The van der Waals surface area contributed by atoms with E-state index in [4.69, 9.17) is 4.74 Å². The van der Waals surface area contributed by atoms with E-state index in [1.165, 1.54) is 11.8 Å². The van der Waals surface area contributed by atoms with E-state index in [1.54, 1.807) is 11.1 Å². The second-order valence-corrected chi connectivity index (χ2v) is 7.15. The van der Waals surface area contributed by atoms with Crippen molar-refractivity contribution >= 4 is 23.7 Å². The zero-order chi connectivity index (χ0) is 16.3. The number of carbonyl (C=O) groups excluding carboxylic acids is 1. The highest BCUT2D eigenvalue weighted by Gasteiger charge is 2.32. The maximum absolute atomic E-state index is 12.1. The molecule has 1 fully saturated rings. The standard InChI is InChI=1S/C15H24N4O2S/c1-15(2,3)21-14(20)19-9-7-11(10-19)18(4)12-6-8-16-13(17-12)22-5/h6,8,11H,7,9-10H2,1-5H3. The summed E-state index contributed by atoms with van der Waals surface area (Å²) in [4.78, 5) is 24.7. The SMILES string of the molecule is CSc1nccc(N(C)C2CCN(C(=O)OC(C)(C)C)C2)n1. The molecule has 1 aromatic rings. The number of hydrogen-bond acceptors (Lipinski definition) is 6. The third-order valence-electron chi connectivity index (χ3n) is 3.53. The Morgan fingerprint density at radius 1 is 1.50 bits per heavy atom. The van der Waals surface area contributed by atoms with E-state index in [1.807, 2.05) is 40.1 Å². The summed E-state index contributed by atoms with van der Waals surface area (Å²) >= 11 is 1.52. The van der Waals surface area contributed by atoms with Crippen LogP contribution in [0.2, 0.25) is 0 Å². The summed E-state index contributed by atoms with van der Waals surface area (Å²) in [5, 5.41) is 0.756. The van der Waals surface area contributed by atoms with Crippen LogP contribution in [-0.2, 0) is 4.74 Å². The molecule has 22 heavy (non-hydrogen) atoms. The van der Waals surface area contributed by atoms with Crippen molar-refractivity contribution in [1.82, 2.24) is 14.9 Å². The Kier molecular flexibility index (Phi) is 5.16. The Hall–Kier alpha value is -1.50. The molecule has 0 N–H and O–H groups in total. The van der Waals surface area contributed by atoms with Gasteiger partial charge in [-0.3, -0.25) is 0 Å². The first kappa shape index (κ1) is 16.9. The van der Waals surface area contributed by atoms with E-state index in [-0.39, 0.29) is 12.1 Å². The first-order valence-corrected chi connectivity index (χ1v) is 8.60. The smallest absolute Gasteiger partial charge is 0.410 e. The molecular weight excluding hydrogens is 300 g/mol. The van der Waals surface area contributed by atoms with Crippen LogP contribution >= 0.6 is 11.8 Å². The normalized spacial score (nSPS) is 18.4. The maximum atomic E-state index is 12.1. The minimum Gasteiger partial charge on any atom is -0.444 e. The van der Waals surface area contributed by atoms with Crippen LogP contribution in [-0.4, -0.2) is 59.0 Å². The number of anilines is 1. The summed E-state index contributed by atoms with van der Waals surface area (Å²) in [6, 6.07) is 2.15. The van der Waals surface area contributed by atoms with Gasteiger partial charge in [-0.15, -0.1) is 0 Å². The number of ether oxygens (including phenoxy) is 1. The van der Waals surface area contributed by atoms with Gasteiger partial charge in [0, 0.05) is 32.4 Å². The molecule has 1 unspecified atom stereocenters. The molecule has 1 aliphatic heterocycles. The van der Waals surface area contributed by atoms with Crippen molar-refractivity contribution in [3.05, 3.63) is 12.3 Å². The third-order valence-corrected chi connectivity index (χ3v) is 4.09. The fourth-order valence-corrected chi connectivity index (χ4v) is 2.72. The second-order valence-electron chi connectivity index (χ2n) is 6.38. The van der Waals surface area contributed by atoms with Crippen LogP contribution in [0.1, 0.15) is 27.2 Å². The van der Waals surface area contributed by atoms with Crippen LogP contribution in [0.25, 0.3) is 0 Å². The number of likely N-dealkylation sites (N-methyl/N-ethyl adjacent to an activating group) is 1. The van der Waals surface area contributed by atoms with Gasteiger partial charge in [-0.2, -0.15) is 0 Å². The Bertz CT molecular complexity index is 533. The van der Waals surface area contributed by atoms with Crippen LogP contribution in [0.15, 0.2) is 17.4 Å². The number of carbonyl (C=O) groups is 1. The number of aromatic nitrogens is 2. The lowest BCUT2D eigenvalue weighted by atomic mass is 10.2. The summed E-state index contributed by atoms with van der Waals surface area (Å²) in [5.41, 5.74) is -0.457. The molecule has 1 atom stereocenters. The van der Waals surface area contributed by atoms with Crippen molar-refractivity contribution in [2.24, 2.45) is 0 Å². The van der Waals surface area contributed by atoms with Gasteiger partial charge < -0.3 is 14.5 Å². The van der Waals surface area contributed by atoms with Crippen LogP contribution in [0.4, 0.5) is 10.6 Å². The highest BCUT2D eigenvalue weighted by molar-refractivity contribution is 7.98. The van der Waals surface area contributed by atoms with Gasteiger partial charge in [0.15, 0.2) is 5.16 Å². The lowest BCUT2D eigenvalue weighted by molar-refractivity contribution is 0.0292. The number of hydrogen-bond donors (Lipinski definition) is 0. The van der Waals surface area contributed by atoms with Crippen molar-refractivity contribution in [2.45, 2.75) is 44.0 Å². The largest absolute Gasteiger partial charge is 0.444 e. The van der Waals surface area contributed by atoms with Crippen molar-refractivity contribution in [2.75, 3.05) is 31.3 Å². The molecule has 2 rings (SSSR count). The van der Waals surface area contributed by atoms with Crippen LogP contribution in [0.5, 0.6) is 0 Å². The molecular formula is C15H24N4O2S. The average Bonchev–Trinajstić information content (AvgIpc) is 2.94. The summed E-state index contributed by atoms with van der Waals surface area (Å²) in [5.74, 6) is 0.885. The summed E-state index contributed by atoms with van der Waals surface area (Å²) in [6.07, 6.45) is 4.40. The lowest BCUT2D eigenvalue weighted by Gasteiger charge is -2.27. The van der Waals surface area contributed by atoms with Crippen molar-refractivity contribution in [3.8, 4) is 0 Å². The fourth-order valence-electron chi connectivity index (χ4n) is 2.36. The Labute approximate surface area is 136 Å². The topological polar surface area (TPSA) is 58.6 Å². The van der Waals surface area contributed by atoms with Crippen molar-refractivity contribution < 1.29 is 9.53 Å². The predicted molar refractivity (Wildman–Crippen MR) is 88.4 cm³/mol. The van der Waals surface area contributed by atoms with Gasteiger partial charge in [0.1, 0.15) is 11.4 Å². The number of nitrogens with zero attached hydrogens (tertiary/aromatic N) is 4. The molecule has 1 aliphatic rings. The first-order chi connectivity index (χ1) is 10.3. The highest BCUT2D eigenvalue weighted by Crippen LogP contribution is 2.22. The van der Waals surface area contributed by atoms with E-state index in [9.17, 15) is 4.79 Å². The molecule has 7 heteroatoms. The fraction of sp³-hybridized carbons (Fsp3) is 0.667. The first-order valence-electron chi connectivity index (χ1n) is 7.38. The van der Waals surface area contributed by atoms with Crippen LogP contribution in [0.3, 0.4) is 0 Å². The van der Waals surface area contributed by atoms with Gasteiger partial charge >= 0.3 is 6.09 Å². The van der Waals surface area contributed by atoms with Gasteiger partial charge in [-0.1, -0.05) is 11.8 Å². The zero-order valence-corrected chi connectivity index (χ0v) is 14.7.